The van der Waals surface area contributed by atoms with Crippen molar-refractivity contribution in [1.82, 2.24) is 9.97 Å². The summed E-state index contributed by atoms with van der Waals surface area (Å²) in [6, 6.07) is 9.03. The fraction of sp³-hybridized carbons (Fsp3) is 0.316. The Kier molecular flexibility index (Phi) is 4.28. The van der Waals surface area contributed by atoms with Gasteiger partial charge in [-0.1, -0.05) is 29.8 Å². The quantitative estimate of drug-likeness (QED) is 0.382. The molecule has 1 heterocycles. The van der Waals surface area contributed by atoms with Crippen LogP contribution in [0.25, 0.3) is 12.2 Å². The number of rotatable bonds is 4. The SMILES string of the molecule is N#Cc1cccc(C=Cc2c(Cl)nc(N)nc2NC2(O)CCC3C(O)C32O)c1. The van der Waals surface area contributed by atoms with E-state index in [0.29, 0.717) is 17.5 Å². The van der Waals surface area contributed by atoms with Crippen molar-refractivity contribution < 1.29 is 15.3 Å². The highest BCUT2D eigenvalue weighted by molar-refractivity contribution is 6.31. The number of nitrogens with zero attached hydrogens (tertiary/aromatic N) is 3. The highest BCUT2D eigenvalue weighted by Gasteiger charge is 2.78. The lowest BCUT2D eigenvalue weighted by Crippen LogP contribution is -2.51. The molecule has 0 bridgehead atoms. The number of fused-ring (bicyclic) bond motifs is 1. The van der Waals surface area contributed by atoms with Crippen molar-refractivity contribution in [2.75, 3.05) is 11.1 Å². The molecule has 0 amide bonds. The largest absolute Gasteiger partial charge is 0.390 e. The van der Waals surface area contributed by atoms with Crippen molar-refractivity contribution in [1.29, 1.82) is 5.26 Å². The fourth-order valence-electron chi connectivity index (χ4n) is 3.87. The van der Waals surface area contributed by atoms with E-state index < -0.39 is 17.4 Å². The maximum atomic E-state index is 10.9. The number of hydrogen-bond donors (Lipinski definition) is 5. The first kappa shape index (κ1) is 18.7. The van der Waals surface area contributed by atoms with Crippen molar-refractivity contribution >= 4 is 35.5 Å². The van der Waals surface area contributed by atoms with Gasteiger partial charge < -0.3 is 26.4 Å². The highest BCUT2D eigenvalue weighted by Crippen LogP contribution is 2.60. The lowest BCUT2D eigenvalue weighted by atomic mass is 10.0. The lowest BCUT2D eigenvalue weighted by molar-refractivity contribution is -0.0852. The predicted octanol–water partition coefficient (Wildman–Crippen LogP) is 1.37. The average Bonchev–Trinajstić information content (AvgIpc) is 3.08. The Morgan fingerprint density at radius 1 is 1.32 bits per heavy atom. The van der Waals surface area contributed by atoms with Crippen molar-refractivity contribution in [3.05, 3.63) is 46.1 Å². The van der Waals surface area contributed by atoms with Crippen LogP contribution in [0.1, 0.15) is 29.5 Å². The third-order valence-electron chi connectivity index (χ3n) is 5.47. The van der Waals surface area contributed by atoms with Crippen molar-refractivity contribution in [2.45, 2.75) is 30.3 Å². The van der Waals surface area contributed by atoms with Crippen LogP contribution in [0, 0.1) is 17.2 Å². The van der Waals surface area contributed by atoms with E-state index in [9.17, 15) is 15.3 Å². The molecule has 4 unspecified atom stereocenters. The molecule has 2 aliphatic rings. The molecule has 1 aromatic carbocycles. The molecule has 6 N–H and O–H groups in total. The van der Waals surface area contributed by atoms with Gasteiger partial charge in [0.15, 0.2) is 5.72 Å². The molecule has 2 aromatic rings. The molecule has 28 heavy (non-hydrogen) atoms. The summed E-state index contributed by atoms with van der Waals surface area (Å²) >= 11 is 6.23. The smallest absolute Gasteiger partial charge is 0.223 e. The summed E-state index contributed by atoms with van der Waals surface area (Å²) in [5.74, 6) is -0.342. The third-order valence-corrected chi connectivity index (χ3v) is 5.76. The Hall–Kier alpha value is -2.70. The van der Waals surface area contributed by atoms with Gasteiger partial charge in [-0.3, -0.25) is 0 Å². The van der Waals surface area contributed by atoms with Gasteiger partial charge in [0.1, 0.15) is 16.6 Å². The summed E-state index contributed by atoms with van der Waals surface area (Å²) in [5.41, 5.74) is 3.92. The van der Waals surface area contributed by atoms with E-state index in [2.05, 4.69) is 21.4 Å². The first-order valence-corrected chi connectivity index (χ1v) is 9.08. The zero-order valence-corrected chi connectivity index (χ0v) is 15.4. The molecule has 0 radical (unpaired) electrons. The number of aromatic nitrogens is 2. The van der Waals surface area contributed by atoms with Gasteiger partial charge in [-0.05, 0) is 36.6 Å². The molecule has 2 fully saturated rings. The minimum absolute atomic E-state index is 0.0594. The van der Waals surface area contributed by atoms with Crippen LogP contribution in [-0.2, 0) is 0 Å². The van der Waals surface area contributed by atoms with E-state index >= 15 is 0 Å². The molecule has 0 spiro atoms. The number of halogens is 1. The number of nitrogens with one attached hydrogen (secondary N) is 1. The summed E-state index contributed by atoms with van der Waals surface area (Å²) in [7, 11) is 0. The molecule has 144 valence electrons. The monoisotopic (exact) mass is 399 g/mol. The van der Waals surface area contributed by atoms with Crippen LogP contribution in [0.3, 0.4) is 0 Å². The Morgan fingerprint density at radius 2 is 2.11 bits per heavy atom. The van der Waals surface area contributed by atoms with Gasteiger partial charge >= 0.3 is 0 Å². The van der Waals surface area contributed by atoms with E-state index in [1.807, 2.05) is 6.07 Å². The molecular formula is C19H18ClN5O3. The number of nitrogen functional groups attached to an aromatic ring is 1. The standard InChI is InChI=1S/C19H18ClN5O3/c20-15-12(5-4-10-2-1-3-11(8-10)9-21)16(24-17(22)23-15)25-18(27)7-6-13-14(26)19(13,18)28/h1-5,8,13-14,26-28H,6-7H2,(H3,22,23,24,25). The first-order valence-electron chi connectivity index (χ1n) is 8.71. The Balaban J connectivity index is 1.69. The van der Waals surface area contributed by atoms with Gasteiger partial charge in [0.05, 0.1) is 23.3 Å². The van der Waals surface area contributed by atoms with E-state index in [0.717, 1.165) is 5.56 Å². The lowest BCUT2D eigenvalue weighted by Gasteiger charge is -2.32. The topological polar surface area (TPSA) is 148 Å². The van der Waals surface area contributed by atoms with Gasteiger partial charge in [-0.2, -0.15) is 10.2 Å². The van der Waals surface area contributed by atoms with Crippen LogP contribution < -0.4 is 11.1 Å². The molecule has 8 nitrogen and oxygen atoms in total. The summed E-state index contributed by atoms with van der Waals surface area (Å²) in [4.78, 5) is 8.05. The Morgan fingerprint density at radius 3 is 2.79 bits per heavy atom. The Labute approximate surface area is 165 Å². The predicted molar refractivity (Wildman–Crippen MR) is 104 cm³/mol. The third kappa shape index (κ3) is 2.80. The minimum Gasteiger partial charge on any atom is -0.390 e. The van der Waals surface area contributed by atoms with Crippen LogP contribution in [0.2, 0.25) is 5.15 Å². The minimum atomic E-state index is -1.76. The number of hydrogen-bond acceptors (Lipinski definition) is 8. The maximum absolute atomic E-state index is 10.9. The molecule has 2 saturated carbocycles. The summed E-state index contributed by atoms with van der Waals surface area (Å²) < 4.78 is 0. The zero-order valence-electron chi connectivity index (χ0n) is 14.7. The number of nitriles is 1. The second kappa shape index (κ2) is 6.43. The maximum Gasteiger partial charge on any atom is 0.223 e. The number of aliphatic hydroxyl groups excluding tert-OH is 1. The zero-order chi connectivity index (χ0) is 20.1. The summed E-state index contributed by atoms with van der Waals surface area (Å²) in [6.45, 7) is 0. The highest BCUT2D eigenvalue weighted by atomic mass is 35.5. The Bertz CT molecular complexity index is 1020. The van der Waals surface area contributed by atoms with E-state index in [1.54, 1.807) is 30.4 Å². The van der Waals surface area contributed by atoms with E-state index in [1.165, 1.54) is 0 Å². The summed E-state index contributed by atoms with van der Waals surface area (Å²) in [6.07, 6.45) is 3.06. The average molecular weight is 400 g/mol. The molecule has 0 saturated heterocycles. The normalized spacial score (nSPS) is 30.8. The van der Waals surface area contributed by atoms with Crippen molar-refractivity contribution in [3.63, 3.8) is 0 Å². The second-order valence-electron chi connectivity index (χ2n) is 7.11. The fourth-order valence-corrected chi connectivity index (χ4v) is 4.11. The molecule has 4 atom stereocenters. The van der Waals surface area contributed by atoms with Crippen LogP contribution in [0.5, 0.6) is 0 Å². The van der Waals surface area contributed by atoms with E-state index in [-0.39, 0.29) is 29.3 Å². The second-order valence-corrected chi connectivity index (χ2v) is 7.46. The van der Waals surface area contributed by atoms with Gasteiger partial charge in [0, 0.05) is 5.92 Å². The first-order chi connectivity index (χ1) is 13.3. The van der Waals surface area contributed by atoms with Crippen molar-refractivity contribution in [2.24, 2.45) is 5.92 Å². The summed E-state index contributed by atoms with van der Waals surface area (Å²) in [5, 5.41) is 43.3. The number of aliphatic hydroxyl groups is 3. The van der Waals surface area contributed by atoms with Gasteiger partial charge in [0.25, 0.3) is 0 Å². The van der Waals surface area contributed by atoms with E-state index in [4.69, 9.17) is 22.6 Å². The van der Waals surface area contributed by atoms with Crippen LogP contribution in [-0.4, -0.2) is 42.7 Å². The molecule has 2 aliphatic carbocycles. The van der Waals surface area contributed by atoms with Gasteiger partial charge in [0.2, 0.25) is 5.95 Å². The van der Waals surface area contributed by atoms with Crippen LogP contribution >= 0.6 is 11.6 Å². The molecule has 1 aromatic heterocycles. The molecular weight excluding hydrogens is 382 g/mol. The van der Waals surface area contributed by atoms with Crippen LogP contribution in [0.15, 0.2) is 24.3 Å². The number of nitrogens with two attached hydrogens (primary N) is 1. The van der Waals surface area contributed by atoms with Crippen LogP contribution in [0.4, 0.5) is 11.8 Å². The number of anilines is 2. The molecule has 4 rings (SSSR count). The van der Waals surface area contributed by atoms with Gasteiger partial charge in [-0.25, -0.2) is 4.98 Å². The molecule has 0 aliphatic heterocycles. The molecule has 9 heteroatoms. The van der Waals surface area contributed by atoms with Gasteiger partial charge in [-0.15, -0.1) is 0 Å². The van der Waals surface area contributed by atoms with Crippen molar-refractivity contribution in [3.8, 4) is 6.07 Å². The number of benzene rings is 1.